The first-order valence-electron chi connectivity index (χ1n) is 3.80. The van der Waals surface area contributed by atoms with E-state index in [1.165, 1.54) is 13.1 Å². The number of aliphatic carboxylic acids is 1. The summed E-state index contributed by atoms with van der Waals surface area (Å²) < 4.78 is 0. The minimum Gasteiger partial charge on any atom is -0.481 e. The fourth-order valence-corrected chi connectivity index (χ4v) is 0.552. The first-order chi connectivity index (χ1) is 6.91. The van der Waals surface area contributed by atoms with Crippen LogP contribution in [0.2, 0.25) is 0 Å². The fourth-order valence-electron chi connectivity index (χ4n) is 0.552. The van der Waals surface area contributed by atoms with E-state index in [0.717, 1.165) is 6.92 Å². The number of aromatic nitrogens is 3. The van der Waals surface area contributed by atoms with Crippen molar-refractivity contribution in [3.05, 3.63) is 16.7 Å². The number of carbonyl (C=O) groups is 2. The zero-order chi connectivity index (χ0) is 11.8. The van der Waals surface area contributed by atoms with E-state index in [1.807, 2.05) is 0 Å². The Balaban J connectivity index is 0.000000423. The lowest BCUT2D eigenvalue weighted by Crippen LogP contribution is -2.16. The molecule has 0 saturated carbocycles. The Hall–Kier alpha value is -2.25. The van der Waals surface area contributed by atoms with Crippen molar-refractivity contribution in [3.63, 3.8) is 0 Å². The van der Waals surface area contributed by atoms with Crippen molar-refractivity contribution < 1.29 is 14.7 Å². The third-order valence-corrected chi connectivity index (χ3v) is 0.873. The van der Waals surface area contributed by atoms with Crippen molar-refractivity contribution in [1.29, 1.82) is 0 Å². The van der Waals surface area contributed by atoms with Crippen molar-refractivity contribution in [1.82, 2.24) is 15.2 Å². The topological polar surface area (TPSA) is 125 Å². The molecule has 0 saturated heterocycles. The Bertz CT molecular complexity index is 396. The molecule has 8 heteroatoms. The molecule has 0 aliphatic heterocycles. The van der Waals surface area contributed by atoms with E-state index in [4.69, 9.17) is 9.90 Å². The Morgan fingerprint density at radius 3 is 2.40 bits per heavy atom. The molecule has 0 radical (unpaired) electrons. The van der Waals surface area contributed by atoms with Gasteiger partial charge >= 0.3 is 5.69 Å². The largest absolute Gasteiger partial charge is 0.481 e. The number of amides is 1. The summed E-state index contributed by atoms with van der Waals surface area (Å²) >= 11 is 0. The molecular weight excluding hydrogens is 204 g/mol. The SMILES string of the molecule is CC(=O)Nc1cn[nH]c(=O)n1.CC(=O)O. The highest BCUT2D eigenvalue weighted by molar-refractivity contribution is 5.87. The van der Waals surface area contributed by atoms with Crippen molar-refractivity contribution in [3.8, 4) is 0 Å². The summed E-state index contributed by atoms with van der Waals surface area (Å²) in [6.07, 6.45) is 1.25. The number of carboxylic acid groups (broad SMARTS) is 1. The second-order valence-corrected chi connectivity index (χ2v) is 2.37. The predicted octanol–water partition coefficient (Wildman–Crippen LogP) is -0.786. The van der Waals surface area contributed by atoms with E-state index in [9.17, 15) is 9.59 Å². The van der Waals surface area contributed by atoms with Gasteiger partial charge < -0.3 is 10.4 Å². The number of nitrogens with zero attached hydrogens (tertiary/aromatic N) is 2. The molecule has 0 fully saturated rings. The van der Waals surface area contributed by atoms with Crippen LogP contribution in [-0.2, 0) is 9.59 Å². The van der Waals surface area contributed by atoms with Gasteiger partial charge in [-0.2, -0.15) is 10.1 Å². The number of H-pyrrole nitrogens is 1. The second kappa shape index (κ2) is 6.24. The van der Waals surface area contributed by atoms with Crippen LogP contribution in [0.1, 0.15) is 13.8 Å². The molecule has 1 aromatic heterocycles. The monoisotopic (exact) mass is 214 g/mol. The van der Waals surface area contributed by atoms with Crippen molar-refractivity contribution in [2.45, 2.75) is 13.8 Å². The number of anilines is 1. The zero-order valence-electron chi connectivity index (χ0n) is 8.14. The summed E-state index contributed by atoms with van der Waals surface area (Å²) in [5.74, 6) is -0.967. The Morgan fingerprint density at radius 2 is 2.00 bits per heavy atom. The van der Waals surface area contributed by atoms with Crippen LogP contribution in [0.3, 0.4) is 0 Å². The lowest BCUT2D eigenvalue weighted by Gasteiger charge is -1.95. The molecule has 1 rings (SSSR count). The number of carbonyl (C=O) groups excluding carboxylic acids is 1. The normalized spacial score (nSPS) is 8.40. The van der Waals surface area contributed by atoms with Gasteiger partial charge in [0.25, 0.3) is 5.97 Å². The van der Waals surface area contributed by atoms with Gasteiger partial charge in [-0.1, -0.05) is 0 Å². The van der Waals surface area contributed by atoms with Crippen LogP contribution >= 0.6 is 0 Å². The van der Waals surface area contributed by atoms with Gasteiger partial charge in [0, 0.05) is 13.8 Å². The molecule has 3 N–H and O–H groups in total. The van der Waals surface area contributed by atoms with Gasteiger partial charge in [0.1, 0.15) is 0 Å². The highest BCUT2D eigenvalue weighted by atomic mass is 16.4. The first kappa shape index (κ1) is 12.8. The lowest BCUT2D eigenvalue weighted by molar-refractivity contribution is -0.134. The second-order valence-electron chi connectivity index (χ2n) is 2.37. The number of hydrogen-bond acceptors (Lipinski definition) is 5. The van der Waals surface area contributed by atoms with Crippen molar-refractivity contribution >= 4 is 17.7 Å². The molecule has 0 atom stereocenters. The maximum absolute atomic E-state index is 10.5. The van der Waals surface area contributed by atoms with Crippen LogP contribution < -0.4 is 11.0 Å². The minimum absolute atomic E-state index is 0.154. The first-order valence-corrected chi connectivity index (χ1v) is 3.80. The number of rotatable bonds is 1. The average molecular weight is 214 g/mol. The molecule has 0 aliphatic rings. The maximum atomic E-state index is 10.5. The summed E-state index contributed by atoms with van der Waals surface area (Å²) in [4.78, 5) is 33.3. The third kappa shape index (κ3) is 8.09. The summed E-state index contributed by atoms with van der Waals surface area (Å²) in [5, 5.41) is 15.2. The van der Waals surface area contributed by atoms with Crippen LogP contribution in [0.15, 0.2) is 11.0 Å². The highest BCUT2D eigenvalue weighted by Crippen LogP contribution is 1.91. The minimum atomic E-state index is -0.833. The van der Waals surface area contributed by atoms with Gasteiger partial charge in [-0.25, -0.2) is 9.89 Å². The molecule has 0 aromatic carbocycles. The van der Waals surface area contributed by atoms with Crippen LogP contribution in [0.5, 0.6) is 0 Å². The number of nitrogens with one attached hydrogen (secondary N) is 2. The summed E-state index contributed by atoms with van der Waals surface area (Å²) in [6, 6.07) is 0. The molecule has 1 amide bonds. The number of aromatic amines is 1. The van der Waals surface area contributed by atoms with Gasteiger partial charge in [0.2, 0.25) is 5.91 Å². The number of carboxylic acids is 1. The van der Waals surface area contributed by atoms with E-state index < -0.39 is 11.7 Å². The predicted molar refractivity (Wildman–Crippen MR) is 50.3 cm³/mol. The molecule has 0 unspecified atom stereocenters. The Kier molecular flexibility index (Phi) is 5.31. The smallest absolute Gasteiger partial charge is 0.363 e. The van der Waals surface area contributed by atoms with Crippen LogP contribution in [0, 0.1) is 0 Å². The van der Waals surface area contributed by atoms with Crippen molar-refractivity contribution in [2.75, 3.05) is 5.32 Å². The molecule has 0 aliphatic carbocycles. The van der Waals surface area contributed by atoms with Gasteiger partial charge in [-0.3, -0.25) is 9.59 Å². The summed E-state index contributed by atoms with van der Waals surface area (Å²) in [6.45, 7) is 2.41. The van der Waals surface area contributed by atoms with Crippen LogP contribution in [0.25, 0.3) is 0 Å². The fraction of sp³-hybridized carbons (Fsp3) is 0.286. The van der Waals surface area contributed by atoms with E-state index in [0.29, 0.717) is 0 Å². The Labute approximate surface area is 84.4 Å². The molecule has 1 aromatic rings. The van der Waals surface area contributed by atoms with Crippen LogP contribution in [-0.4, -0.2) is 32.2 Å². The quantitative estimate of drug-likeness (QED) is 0.562. The molecule has 0 spiro atoms. The highest BCUT2D eigenvalue weighted by Gasteiger charge is 1.96. The van der Waals surface area contributed by atoms with Gasteiger partial charge in [0.05, 0.1) is 6.20 Å². The van der Waals surface area contributed by atoms with E-state index in [1.54, 1.807) is 0 Å². The zero-order valence-corrected chi connectivity index (χ0v) is 8.14. The summed E-state index contributed by atoms with van der Waals surface area (Å²) in [5.41, 5.74) is -0.587. The van der Waals surface area contributed by atoms with Crippen LogP contribution in [0.4, 0.5) is 5.82 Å². The van der Waals surface area contributed by atoms with Gasteiger partial charge in [0.15, 0.2) is 5.82 Å². The Morgan fingerprint density at radius 1 is 1.47 bits per heavy atom. The molecular formula is C7H10N4O4. The summed E-state index contributed by atoms with van der Waals surface area (Å²) in [7, 11) is 0. The van der Waals surface area contributed by atoms with E-state index >= 15 is 0 Å². The van der Waals surface area contributed by atoms with Crippen molar-refractivity contribution in [2.24, 2.45) is 0 Å². The molecule has 82 valence electrons. The maximum Gasteiger partial charge on any atom is 0.363 e. The van der Waals surface area contributed by atoms with Gasteiger partial charge in [-0.15, -0.1) is 0 Å². The van der Waals surface area contributed by atoms with Gasteiger partial charge in [-0.05, 0) is 0 Å². The lowest BCUT2D eigenvalue weighted by atomic mass is 10.6. The number of hydrogen-bond donors (Lipinski definition) is 3. The standard InChI is InChI=1S/C5H6N4O2.C2H4O2/c1-3(10)7-4-2-6-9-5(11)8-4;1-2(3)4/h2H,1H3,(H2,7,8,9,10,11);1H3,(H,3,4). The molecule has 1 heterocycles. The van der Waals surface area contributed by atoms with E-state index in [-0.39, 0.29) is 11.7 Å². The van der Waals surface area contributed by atoms with E-state index in [2.05, 4.69) is 20.5 Å². The molecule has 0 bridgehead atoms. The average Bonchev–Trinajstić information content (AvgIpc) is 2.00. The third-order valence-electron chi connectivity index (χ3n) is 0.873. The molecule has 15 heavy (non-hydrogen) atoms. The molecule has 8 nitrogen and oxygen atoms in total.